The number of amides is 1. The van der Waals surface area contributed by atoms with Gasteiger partial charge in [0.05, 0.1) is 17.9 Å². The Kier molecular flexibility index (Phi) is 5.99. The molecule has 1 aromatic heterocycles. The molecule has 1 N–H and O–H groups in total. The van der Waals surface area contributed by atoms with Crippen molar-refractivity contribution in [3.63, 3.8) is 0 Å². The molecular formula is C22H26N2O4. The Bertz CT molecular complexity index is 882. The highest BCUT2D eigenvalue weighted by molar-refractivity contribution is 6.15. The van der Waals surface area contributed by atoms with E-state index in [1.807, 2.05) is 31.2 Å². The van der Waals surface area contributed by atoms with Crippen LogP contribution < -0.4 is 0 Å². The molecular weight excluding hydrogens is 356 g/mol. The lowest BCUT2D eigenvalue weighted by Gasteiger charge is -2.29. The van der Waals surface area contributed by atoms with Crippen molar-refractivity contribution in [3.05, 3.63) is 70.9 Å². The molecule has 0 saturated heterocycles. The van der Waals surface area contributed by atoms with Crippen LogP contribution in [0.4, 0.5) is 0 Å². The maximum atomic E-state index is 13.0. The largest absolute Gasteiger partial charge is 0.503 e. The second-order valence-corrected chi connectivity index (χ2v) is 6.91. The maximum absolute atomic E-state index is 13.0. The number of aliphatic hydroxyl groups is 1. The van der Waals surface area contributed by atoms with Crippen molar-refractivity contribution in [2.24, 2.45) is 0 Å². The summed E-state index contributed by atoms with van der Waals surface area (Å²) < 4.78 is 5.23. The van der Waals surface area contributed by atoms with Crippen molar-refractivity contribution in [1.82, 2.24) is 9.80 Å². The van der Waals surface area contributed by atoms with Crippen molar-refractivity contribution in [2.75, 3.05) is 26.2 Å². The first kappa shape index (κ1) is 19.9. The summed E-state index contributed by atoms with van der Waals surface area (Å²) >= 11 is 0. The fourth-order valence-electron chi connectivity index (χ4n) is 3.63. The van der Waals surface area contributed by atoms with Crippen LogP contribution in [0.5, 0.6) is 0 Å². The molecule has 2 aromatic rings. The average Bonchev–Trinajstić information content (AvgIpc) is 3.31. The van der Waals surface area contributed by atoms with Gasteiger partial charge in [-0.2, -0.15) is 0 Å². The van der Waals surface area contributed by atoms with Crippen LogP contribution in [-0.2, 0) is 4.79 Å². The van der Waals surface area contributed by atoms with Crippen LogP contribution in [0.15, 0.2) is 58.4 Å². The minimum atomic E-state index is -0.638. The highest BCUT2D eigenvalue weighted by Crippen LogP contribution is 2.39. The van der Waals surface area contributed by atoms with E-state index in [4.69, 9.17) is 4.42 Å². The predicted molar refractivity (Wildman–Crippen MR) is 106 cm³/mol. The lowest BCUT2D eigenvalue weighted by molar-refractivity contribution is -0.129. The van der Waals surface area contributed by atoms with Crippen molar-refractivity contribution in [2.45, 2.75) is 26.8 Å². The van der Waals surface area contributed by atoms with Crippen molar-refractivity contribution in [3.8, 4) is 0 Å². The lowest BCUT2D eigenvalue weighted by Crippen LogP contribution is -2.38. The van der Waals surface area contributed by atoms with Crippen LogP contribution in [0.3, 0.4) is 0 Å². The van der Waals surface area contributed by atoms with Crippen molar-refractivity contribution < 1.29 is 19.1 Å². The Hall–Kier alpha value is -2.86. The summed E-state index contributed by atoms with van der Waals surface area (Å²) in [5.74, 6) is -1.37. The number of carbonyl (C=O) groups is 2. The topological polar surface area (TPSA) is 74.0 Å². The van der Waals surface area contributed by atoms with Gasteiger partial charge in [0.15, 0.2) is 11.5 Å². The Balaban J connectivity index is 2.01. The van der Waals surface area contributed by atoms with E-state index in [-0.39, 0.29) is 11.3 Å². The van der Waals surface area contributed by atoms with Crippen molar-refractivity contribution >= 4 is 11.7 Å². The number of hydrogen-bond donors (Lipinski definition) is 1. The Morgan fingerprint density at radius 2 is 1.96 bits per heavy atom. The summed E-state index contributed by atoms with van der Waals surface area (Å²) in [6.07, 6.45) is 1.40. The maximum Gasteiger partial charge on any atom is 0.290 e. The van der Waals surface area contributed by atoms with Gasteiger partial charge in [-0.1, -0.05) is 43.7 Å². The number of aliphatic hydroxyl groups excluding tert-OH is 1. The molecule has 28 heavy (non-hydrogen) atoms. The molecule has 0 saturated carbocycles. The fourth-order valence-corrected chi connectivity index (χ4v) is 3.63. The first-order chi connectivity index (χ1) is 13.5. The molecule has 0 fully saturated rings. The van der Waals surface area contributed by atoms with Gasteiger partial charge in [-0.15, -0.1) is 0 Å². The number of Topliss-reactive ketones (excluding diaryl/α,β-unsaturated/α-hetero) is 1. The summed E-state index contributed by atoms with van der Waals surface area (Å²) in [7, 11) is 0. The predicted octanol–water partition coefficient (Wildman–Crippen LogP) is 3.51. The van der Waals surface area contributed by atoms with Crippen LogP contribution >= 0.6 is 0 Å². The van der Waals surface area contributed by atoms with E-state index in [0.717, 1.165) is 24.2 Å². The average molecular weight is 382 g/mol. The number of carbonyl (C=O) groups excluding carboxylic acids is 2. The number of rotatable bonds is 8. The summed E-state index contributed by atoms with van der Waals surface area (Å²) in [6.45, 7) is 8.90. The Labute approximate surface area is 165 Å². The second kappa shape index (κ2) is 8.44. The number of furan rings is 1. The van der Waals surface area contributed by atoms with Crippen LogP contribution in [0, 0.1) is 6.92 Å². The summed E-state index contributed by atoms with van der Waals surface area (Å²) in [5.41, 5.74) is 1.89. The Morgan fingerprint density at radius 3 is 2.57 bits per heavy atom. The van der Waals surface area contributed by atoms with E-state index in [1.165, 1.54) is 6.26 Å². The van der Waals surface area contributed by atoms with E-state index < -0.39 is 23.5 Å². The number of benzene rings is 1. The molecule has 6 nitrogen and oxygen atoms in total. The monoisotopic (exact) mass is 382 g/mol. The number of ketones is 1. The number of hydrogen-bond acceptors (Lipinski definition) is 5. The van der Waals surface area contributed by atoms with Gasteiger partial charge in [0, 0.05) is 13.1 Å². The third-order valence-corrected chi connectivity index (χ3v) is 5.20. The van der Waals surface area contributed by atoms with Gasteiger partial charge in [0.1, 0.15) is 0 Å². The molecule has 0 aliphatic carbocycles. The zero-order valence-electron chi connectivity index (χ0n) is 16.5. The quantitative estimate of drug-likeness (QED) is 0.707. The zero-order chi connectivity index (χ0) is 20.3. The molecule has 148 valence electrons. The van der Waals surface area contributed by atoms with E-state index in [9.17, 15) is 14.7 Å². The first-order valence-electron chi connectivity index (χ1n) is 9.59. The molecule has 1 amide bonds. The molecule has 2 heterocycles. The van der Waals surface area contributed by atoms with Crippen LogP contribution in [0.1, 0.15) is 41.6 Å². The minimum absolute atomic E-state index is 0.0742. The van der Waals surface area contributed by atoms with Gasteiger partial charge in [-0.25, -0.2) is 0 Å². The number of likely N-dealkylation sites (N-methyl/N-ethyl adjacent to an activating group) is 1. The highest BCUT2D eigenvalue weighted by atomic mass is 16.3. The highest BCUT2D eigenvalue weighted by Gasteiger charge is 2.44. The molecule has 1 aromatic carbocycles. The first-order valence-corrected chi connectivity index (χ1v) is 9.59. The Morgan fingerprint density at radius 1 is 1.21 bits per heavy atom. The van der Waals surface area contributed by atoms with E-state index in [0.29, 0.717) is 13.1 Å². The van der Waals surface area contributed by atoms with Crippen LogP contribution in [0.2, 0.25) is 0 Å². The van der Waals surface area contributed by atoms with E-state index in [2.05, 4.69) is 18.7 Å². The SMILES string of the molecule is CCN(CC)CCN1C(=O)C(O)=C(C(=O)c2ccco2)C1c1cccc(C)c1. The number of aryl methyl sites for hydroxylation is 1. The molecule has 1 aliphatic rings. The lowest BCUT2D eigenvalue weighted by atomic mass is 9.94. The molecule has 0 radical (unpaired) electrons. The molecule has 1 atom stereocenters. The normalized spacial score (nSPS) is 17.1. The zero-order valence-corrected chi connectivity index (χ0v) is 16.5. The number of nitrogens with zero attached hydrogens (tertiary/aromatic N) is 2. The smallest absolute Gasteiger partial charge is 0.290 e. The molecule has 6 heteroatoms. The molecule has 0 spiro atoms. The van der Waals surface area contributed by atoms with Crippen molar-refractivity contribution in [1.29, 1.82) is 0 Å². The van der Waals surface area contributed by atoms with Gasteiger partial charge in [-0.05, 0) is 37.7 Å². The van der Waals surface area contributed by atoms with E-state index in [1.54, 1.807) is 17.0 Å². The third kappa shape index (κ3) is 3.73. The van der Waals surface area contributed by atoms with Gasteiger partial charge in [-0.3, -0.25) is 9.59 Å². The van der Waals surface area contributed by atoms with Gasteiger partial charge < -0.3 is 19.3 Å². The van der Waals surface area contributed by atoms with Gasteiger partial charge in [0.2, 0.25) is 5.78 Å². The molecule has 1 unspecified atom stereocenters. The standard InChI is InChI=1S/C22H26N2O4/c1-4-23(5-2)11-12-24-19(16-9-6-8-15(3)14-16)18(21(26)22(24)27)20(25)17-10-7-13-28-17/h6-10,13-14,19,26H,4-5,11-12H2,1-3H3. The fraction of sp³-hybridized carbons (Fsp3) is 0.364. The minimum Gasteiger partial charge on any atom is -0.503 e. The van der Waals surface area contributed by atoms with Crippen LogP contribution in [-0.4, -0.2) is 52.8 Å². The van der Waals surface area contributed by atoms with Gasteiger partial charge >= 0.3 is 0 Å². The molecule has 1 aliphatic heterocycles. The summed E-state index contributed by atoms with van der Waals surface area (Å²) in [5, 5.41) is 10.6. The summed E-state index contributed by atoms with van der Waals surface area (Å²) in [4.78, 5) is 29.7. The summed E-state index contributed by atoms with van der Waals surface area (Å²) in [6, 6.07) is 10.2. The van der Waals surface area contributed by atoms with Gasteiger partial charge in [0.25, 0.3) is 5.91 Å². The molecule has 3 rings (SSSR count). The second-order valence-electron chi connectivity index (χ2n) is 6.91. The van der Waals surface area contributed by atoms with E-state index >= 15 is 0 Å². The van der Waals surface area contributed by atoms with Crippen LogP contribution in [0.25, 0.3) is 0 Å². The molecule has 0 bridgehead atoms. The third-order valence-electron chi connectivity index (χ3n) is 5.20.